The first kappa shape index (κ1) is 21.1. The molecule has 0 aliphatic heterocycles. The lowest BCUT2D eigenvalue weighted by molar-refractivity contribution is -0.142. The second kappa shape index (κ2) is 8.19. The van der Waals surface area contributed by atoms with E-state index in [0.29, 0.717) is 10.1 Å². The number of halogens is 5. The van der Waals surface area contributed by atoms with Crippen molar-refractivity contribution in [3.05, 3.63) is 51.2 Å². The zero-order valence-electron chi connectivity index (χ0n) is 15.6. The number of benzene rings is 1. The van der Waals surface area contributed by atoms with Crippen LogP contribution in [0, 0.1) is 0 Å². The Labute approximate surface area is 183 Å². The Hall–Kier alpha value is -2.13. The maximum atomic E-state index is 13.8. The highest BCUT2D eigenvalue weighted by molar-refractivity contribution is 9.10. The van der Waals surface area contributed by atoms with Crippen molar-refractivity contribution in [3.63, 3.8) is 0 Å². The average molecular weight is 502 g/mol. The summed E-state index contributed by atoms with van der Waals surface area (Å²) in [6.45, 7) is 0. The van der Waals surface area contributed by atoms with Gasteiger partial charge in [-0.1, -0.05) is 58.9 Å². The molecular weight excluding hydrogens is 485 g/mol. The summed E-state index contributed by atoms with van der Waals surface area (Å²) < 4.78 is 42.6. The Morgan fingerprint density at radius 2 is 1.83 bits per heavy atom. The molecule has 0 atom stereocenters. The van der Waals surface area contributed by atoms with Gasteiger partial charge in [0, 0.05) is 16.1 Å². The molecule has 3 aromatic rings. The monoisotopic (exact) mass is 500 g/mol. The molecule has 1 N–H and O–H groups in total. The van der Waals surface area contributed by atoms with Gasteiger partial charge in [0.05, 0.1) is 5.69 Å². The Balaban J connectivity index is 1.80. The number of amides is 1. The van der Waals surface area contributed by atoms with Gasteiger partial charge in [-0.05, 0) is 31.0 Å². The number of rotatable bonds is 3. The standard InChI is InChI=1S/C20H17BrClF3N4O/c21-12-8-6-11(7-9-12)14-10-15(20(23,24)25)29-18(27-14)16(22)17(28-29)19(30)26-13-4-2-1-3-5-13/h6-10,13H,1-5H2,(H,26,30). The van der Waals surface area contributed by atoms with Gasteiger partial charge in [0.1, 0.15) is 5.02 Å². The van der Waals surface area contributed by atoms with Crippen LogP contribution in [0.15, 0.2) is 34.8 Å². The molecule has 2 aromatic heterocycles. The third-order valence-corrected chi connectivity index (χ3v) is 6.00. The largest absolute Gasteiger partial charge is 0.433 e. The van der Waals surface area contributed by atoms with Gasteiger partial charge in [-0.2, -0.15) is 18.3 Å². The summed E-state index contributed by atoms with van der Waals surface area (Å²) in [6, 6.07) is 7.57. The first-order valence-corrected chi connectivity index (χ1v) is 10.6. The number of nitrogens with one attached hydrogen (secondary N) is 1. The topological polar surface area (TPSA) is 59.3 Å². The van der Waals surface area contributed by atoms with Gasteiger partial charge in [-0.25, -0.2) is 9.50 Å². The second-order valence-electron chi connectivity index (χ2n) is 7.24. The van der Waals surface area contributed by atoms with Crippen molar-refractivity contribution in [3.8, 4) is 11.3 Å². The van der Waals surface area contributed by atoms with Crippen LogP contribution in [0.3, 0.4) is 0 Å². The molecule has 1 amide bonds. The third kappa shape index (κ3) is 4.18. The summed E-state index contributed by atoms with van der Waals surface area (Å²) in [4.78, 5) is 16.9. The van der Waals surface area contributed by atoms with Crippen LogP contribution in [-0.4, -0.2) is 26.5 Å². The van der Waals surface area contributed by atoms with Crippen molar-refractivity contribution in [2.45, 2.75) is 44.3 Å². The summed E-state index contributed by atoms with van der Waals surface area (Å²) in [7, 11) is 0. The first-order valence-electron chi connectivity index (χ1n) is 9.47. The molecule has 158 valence electrons. The van der Waals surface area contributed by atoms with Crippen LogP contribution in [0.4, 0.5) is 13.2 Å². The van der Waals surface area contributed by atoms with Crippen LogP contribution in [-0.2, 0) is 6.18 Å². The maximum absolute atomic E-state index is 13.8. The summed E-state index contributed by atoms with van der Waals surface area (Å²) >= 11 is 9.59. The van der Waals surface area contributed by atoms with E-state index in [1.54, 1.807) is 24.3 Å². The van der Waals surface area contributed by atoms with Gasteiger partial charge in [-0.15, -0.1) is 0 Å². The van der Waals surface area contributed by atoms with Crippen LogP contribution in [0.2, 0.25) is 5.02 Å². The SMILES string of the molecule is O=C(NC1CCCCC1)c1nn2c(C(F)(F)F)cc(-c3ccc(Br)cc3)nc2c1Cl. The van der Waals surface area contributed by atoms with Crippen molar-refractivity contribution >= 4 is 39.1 Å². The lowest BCUT2D eigenvalue weighted by Gasteiger charge is -2.22. The van der Waals surface area contributed by atoms with Gasteiger partial charge in [0.15, 0.2) is 17.0 Å². The summed E-state index contributed by atoms with van der Waals surface area (Å²) in [5.41, 5.74) is -0.949. The van der Waals surface area contributed by atoms with Gasteiger partial charge in [0.25, 0.3) is 5.91 Å². The van der Waals surface area contributed by atoms with Crippen LogP contribution < -0.4 is 5.32 Å². The van der Waals surface area contributed by atoms with Crippen molar-refractivity contribution in [1.29, 1.82) is 0 Å². The van der Waals surface area contributed by atoms with Crippen molar-refractivity contribution in [2.75, 3.05) is 0 Å². The van der Waals surface area contributed by atoms with E-state index < -0.39 is 17.8 Å². The lowest BCUT2D eigenvalue weighted by atomic mass is 9.95. The summed E-state index contributed by atoms with van der Waals surface area (Å²) in [5, 5.41) is 6.51. The molecule has 10 heteroatoms. The number of hydrogen-bond donors (Lipinski definition) is 1. The van der Waals surface area contributed by atoms with Crippen molar-refractivity contribution in [2.24, 2.45) is 0 Å². The minimum atomic E-state index is -4.71. The van der Waals surface area contributed by atoms with Gasteiger partial charge in [0.2, 0.25) is 0 Å². The van der Waals surface area contributed by atoms with Crippen molar-refractivity contribution < 1.29 is 18.0 Å². The van der Waals surface area contributed by atoms with Gasteiger partial charge in [-0.3, -0.25) is 4.79 Å². The number of aromatic nitrogens is 3. The zero-order chi connectivity index (χ0) is 21.5. The Kier molecular flexibility index (Phi) is 5.76. The lowest BCUT2D eigenvalue weighted by Crippen LogP contribution is -2.36. The summed E-state index contributed by atoms with van der Waals surface area (Å²) in [6.07, 6.45) is 0.0598. The van der Waals surface area contributed by atoms with Crippen LogP contribution in [0.25, 0.3) is 16.9 Å². The Bertz CT molecular complexity index is 1090. The predicted molar refractivity (Wildman–Crippen MR) is 110 cm³/mol. The molecule has 0 radical (unpaired) electrons. The van der Waals surface area contributed by atoms with E-state index in [9.17, 15) is 18.0 Å². The number of carbonyl (C=O) groups is 1. The smallest absolute Gasteiger partial charge is 0.348 e. The van der Waals surface area contributed by atoms with E-state index in [2.05, 4.69) is 31.3 Å². The highest BCUT2D eigenvalue weighted by atomic mass is 79.9. The molecule has 0 spiro atoms. The number of nitrogens with zero attached hydrogens (tertiary/aromatic N) is 3. The van der Waals surface area contributed by atoms with E-state index in [-0.39, 0.29) is 28.1 Å². The van der Waals surface area contributed by atoms with Crippen molar-refractivity contribution in [1.82, 2.24) is 19.9 Å². The van der Waals surface area contributed by atoms with E-state index in [0.717, 1.165) is 42.6 Å². The number of carbonyl (C=O) groups excluding carboxylic acids is 1. The molecule has 1 aliphatic rings. The van der Waals surface area contributed by atoms with Crippen LogP contribution in [0.5, 0.6) is 0 Å². The molecule has 5 nitrogen and oxygen atoms in total. The van der Waals surface area contributed by atoms with E-state index in [4.69, 9.17) is 11.6 Å². The van der Waals surface area contributed by atoms with E-state index >= 15 is 0 Å². The zero-order valence-corrected chi connectivity index (χ0v) is 18.0. The van der Waals surface area contributed by atoms with E-state index in [1.807, 2.05) is 0 Å². The molecule has 0 bridgehead atoms. The number of fused-ring (bicyclic) bond motifs is 1. The second-order valence-corrected chi connectivity index (χ2v) is 8.53. The Morgan fingerprint density at radius 3 is 2.47 bits per heavy atom. The van der Waals surface area contributed by atoms with Crippen LogP contribution >= 0.6 is 27.5 Å². The molecule has 1 aliphatic carbocycles. The van der Waals surface area contributed by atoms with Gasteiger partial charge >= 0.3 is 6.18 Å². The van der Waals surface area contributed by atoms with Gasteiger partial charge < -0.3 is 5.32 Å². The molecule has 30 heavy (non-hydrogen) atoms. The minimum Gasteiger partial charge on any atom is -0.348 e. The minimum absolute atomic E-state index is 0.0273. The molecule has 0 saturated heterocycles. The molecule has 1 fully saturated rings. The van der Waals surface area contributed by atoms with Crippen LogP contribution in [0.1, 0.15) is 48.3 Å². The fourth-order valence-corrected chi connectivity index (χ4v) is 4.12. The Morgan fingerprint density at radius 1 is 1.17 bits per heavy atom. The normalized spacial score (nSPS) is 15.5. The highest BCUT2D eigenvalue weighted by Crippen LogP contribution is 2.35. The fraction of sp³-hybridized carbons (Fsp3) is 0.350. The molecular formula is C20H17BrClF3N4O. The maximum Gasteiger partial charge on any atom is 0.433 e. The average Bonchev–Trinajstić information content (AvgIpc) is 3.04. The number of alkyl halides is 3. The molecule has 1 aromatic carbocycles. The third-order valence-electron chi connectivity index (χ3n) is 5.12. The molecule has 0 unspecified atom stereocenters. The fourth-order valence-electron chi connectivity index (χ4n) is 3.61. The summed E-state index contributed by atoms with van der Waals surface area (Å²) in [5.74, 6) is -0.587. The molecule has 1 saturated carbocycles. The quantitative estimate of drug-likeness (QED) is 0.487. The highest BCUT2D eigenvalue weighted by Gasteiger charge is 2.37. The number of hydrogen-bond acceptors (Lipinski definition) is 3. The molecule has 4 rings (SSSR count). The molecule has 2 heterocycles. The predicted octanol–water partition coefficient (Wildman–Crippen LogP) is 5.89. The van der Waals surface area contributed by atoms with E-state index in [1.165, 1.54) is 0 Å². The first-order chi connectivity index (χ1) is 14.2.